The molecule has 25 heavy (non-hydrogen) atoms. The molecule has 0 bridgehead atoms. The molecule has 1 amide bonds. The SMILES string of the molecule is O=C(c1cnoc1-c1ccc(F)cc1)N1CCC(c2ccccc2)C1. The van der Waals surface area contributed by atoms with Gasteiger partial charge in [-0.05, 0) is 36.2 Å². The molecule has 126 valence electrons. The van der Waals surface area contributed by atoms with E-state index in [-0.39, 0.29) is 11.7 Å². The van der Waals surface area contributed by atoms with Gasteiger partial charge < -0.3 is 9.42 Å². The van der Waals surface area contributed by atoms with Gasteiger partial charge in [0.05, 0.1) is 6.20 Å². The summed E-state index contributed by atoms with van der Waals surface area (Å²) < 4.78 is 18.4. The second-order valence-corrected chi connectivity index (χ2v) is 6.22. The number of hydrogen-bond donors (Lipinski definition) is 0. The number of nitrogens with zero attached hydrogens (tertiary/aromatic N) is 2. The number of carbonyl (C=O) groups excluding carboxylic acids is 1. The van der Waals surface area contributed by atoms with Gasteiger partial charge in [0.1, 0.15) is 11.4 Å². The Balaban J connectivity index is 1.55. The maximum absolute atomic E-state index is 13.1. The third-order valence-electron chi connectivity index (χ3n) is 4.65. The van der Waals surface area contributed by atoms with Crippen molar-refractivity contribution in [1.82, 2.24) is 10.1 Å². The van der Waals surface area contributed by atoms with Crippen LogP contribution in [0.2, 0.25) is 0 Å². The van der Waals surface area contributed by atoms with Crippen LogP contribution in [0.3, 0.4) is 0 Å². The summed E-state index contributed by atoms with van der Waals surface area (Å²) in [4.78, 5) is 14.7. The van der Waals surface area contributed by atoms with Gasteiger partial charge in [0.25, 0.3) is 5.91 Å². The molecule has 0 N–H and O–H groups in total. The first kappa shape index (κ1) is 15.6. The van der Waals surface area contributed by atoms with E-state index >= 15 is 0 Å². The Morgan fingerprint density at radius 2 is 1.88 bits per heavy atom. The molecule has 1 aromatic heterocycles. The van der Waals surface area contributed by atoms with Gasteiger partial charge in [-0.25, -0.2) is 4.39 Å². The first-order valence-electron chi connectivity index (χ1n) is 8.27. The highest BCUT2D eigenvalue weighted by molar-refractivity contribution is 5.99. The molecule has 4 nitrogen and oxygen atoms in total. The largest absolute Gasteiger partial charge is 0.355 e. The average molecular weight is 336 g/mol. The quantitative estimate of drug-likeness (QED) is 0.723. The fraction of sp³-hybridized carbons (Fsp3) is 0.200. The maximum atomic E-state index is 13.1. The predicted molar refractivity (Wildman–Crippen MR) is 91.6 cm³/mol. The highest BCUT2D eigenvalue weighted by Gasteiger charge is 2.30. The highest BCUT2D eigenvalue weighted by Crippen LogP contribution is 2.30. The summed E-state index contributed by atoms with van der Waals surface area (Å²) >= 11 is 0. The summed E-state index contributed by atoms with van der Waals surface area (Å²) in [7, 11) is 0. The van der Waals surface area contributed by atoms with Crippen molar-refractivity contribution in [2.24, 2.45) is 0 Å². The Bertz CT molecular complexity index is 874. The molecule has 1 saturated heterocycles. The van der Waals surface area contributed by atoms with Crippen molar-refractivity contribution in [2.45, 2.75) is 12.3 Å². The van der Waals surface area contributed by atoms with E-state index in [9.17, 15) is 9.18 Å². The molecule has 5 heteroatoms. The molecule has 0 radical (unpaired) electrons. The molecule has 4 rings (SSSR count). The first-order chi connectivity index (χ1) is 12.2. The molecule has 0 aliphatic carbocycles. The van der Waals surface area contributed by atoms with Crippen LogP contribution in [0, 0.1) is 5.82 Å². The summed E-state index contributed by atoms with van der Waals surface area (Å²) in [6.45, 7) is 1.38. The third-order valence-corrected chi connectivity index (χ3v) is 4.65. The van der Waals surface area contributed by atoms with E-state index in [1.165, 1.54) is 23.9 Å². The number of benzene rings is 2. The van der Waals surface area contributed by atoms with Crippen LogP contribution in [-0.4, -0.2) is 29.1 Å². The zero-order chi connectivity index (χ0) is 17.2. The van der Waals surface area contributed by atoms with Gasteiger partial charge in [-0.15, -0.1) is 0 Å². The lowest BCUT2D eigenvalue weighted by molar-refractivity contribution is 0.0791. The molecule has 2 aromatic carbocycles. The lowest BCUT2D eigenvalue weighted by Gasteiger charge is -2.16. The Labute approximate surface area is 144 Å². The minimum absolute atomic E-state index is 0.0981. The standard InChI is InChI=1S/C20H17FN2O2/c21-17-8-6-15(7-9-17)19-18(12-22-25-19)20(24)23-11-10-16(13-23)14-4-2-1-3-5-14/h1-9,12,16H,10-11,13H2. The van der Waals surface area contributed by atoms with Crippen molar-refractivity contribution >= 4 is 5.91 Å². The number of halogens is 1. The van der Waals surface area contributed by atoms with E-state index in [1.807, 2.05) is 23.1 Å². The number of rotatable bonds is 3. The Kier molecular flexibility index (Phi) is 4.06. The Morgan fingerprint density at radius 3 is 2.64 bits per heavy atom. The molecular weight excluding hydrogens is 319 g/mol. The van der Waals surface area contributed by atoms with Gasteiger partial charge >= 0.3 is 0 Å². The number of aromatic nitrogens is 1. The zero-order valence-corrected chi connectivity index (χ0v) is 13.6. The molecule has 1 aliphatic heterocycles. The average Bonchev–Trinajstić information content (AvgIpc) is 3.32. The molecule has 2 heterocycles. The molecule has 1 unspecified atom stereocenters. The molecule has 1 aliphatic rings. The maximum Gasteiger partial charge on any atom is 0.259 e. The van der Waals surface area contributed by atoms with E-state index in [2.05, 4.69) is 17.3 Å². The van der Waals surface area contributed by atoms with Gasteiger partial charge in [-0.3, -0.25) is 4.79 Å². The molecule has 1 fully saturated rings. The van der Waals surface area contributed by atoms with E-state index in [0.717, 1.165) is 6.42 Å². The Hall–Kier alpha value is -2.95. The van der Waals surface area contributed by atoms with Crippen LogP contribution >= 0.6 is 0 Å². The minimum Gasteiger partial charge on any atom is -0.355 e. The summed E-state index contributed by atoms with van der Waals surface area (Å²) in [6, 6.07) is 16.1. The fourth-order valence-corrected chi connectivity index (χ4v) is 3.31. The van der Waals surface area contributed by atoms with Crippen LogP contribution in [0.15, 0.2) is 65.3 Å². The second kappa shape index (κ2) is 6.51. The molecule has 1 atom stereocenters. The van der Waals surface area contributed by atoms with Gasteiger partial charge in [0.15, 0.2) is 5.76 Å². The second-order valence-electron chi connectivity index (χ2n) is 6.22. The van der Waals surface area contributed by atoms with Crippen LogP contribution in [0.5, 0.6) is 0 Å². The van der Waals surface area contributed by atoms with Gasteiger partial charge in [-0.1, -0.05) is 35.5 Å². The van der Waals surface area contributed by atoms with Crippen LogP contribution in [-0.2, 0) is 0 Å². The topological polar surface area (TPSA) is 46.3 Å². The number of amides is 1. The lowest BCUT2D eigenvalue weighted by atomic mass is 9.99. The van der Waals surface area contributed by atoms with Crippen molar-refractivity contribution in [1.29, 1.82) is 0 Å². The number of likely N-dealkylation sites (tertiary alicyclic amines) is 1. The monoisotopic (exact) mass is 336 g/mol. The summed E-state index contributed by atoms with van der Waals surface area (Å²) in [5.74, 6) is 0.299. The molecular formula is C20H17FN2O2. The highest BCUT2D eigenvalue weighted by atomic mass is 19.1. The lowest BCUT2D eigenvalue weighted by Crippen LogP contribution is -2.28. The summed E-state index contributed by atoms with van der Waals surface area (Å²) in [6.07, 6.45) is 2.38. The number of carbonyl (C=O) groups is 1. The van der Waals surface area contributed by atoms with Crippen LogP contribution in [0.1, 0.15) is 28.3 Å². The van der Waals surface area contributed by atoms with Crippen molar-refractivity contribution in [3.8, 4) is 11.3 Å². The normalized spacial score (nSPS) is 17.0. The fourth-order valence-electron chi connectivity index (χ4n) is 3.31. The van der Waals surface area contributed by atoms with Gasteiger partial charge in [0.2, 0.25) is 0 Å². The zero-order valence-electron chi connectivity index (χ0n) is 13.6. The number of hydrogen-bond acceptors (Lipinski definition) is 3. The van der Waals surface area contributed by atoms with Crippen molar-refractivity contribution in [3.05, 3.63) is 77.7 Å². The van der Waals surface area contributed by atoms with E-state index in [1.54, 1.807) is 12.1 Å². The van der Waals surface area contributed by atoms with Crippen molar-refractivity contribution in [3.63, 3.8) is 0 Å². The first-order valence-corrected chi connectivity index (χ1v) is 8.27. The predicted octanol–water partition coefficient (Wildman–Crippen LogP) is 4.11. The smallest absolute Gasteiger partial charge is 0.259 e. The minimum atomic E-state index is -0.332. The summed E-state index contributed by atoms with van der Waals surface area (Å²) in [5.41, 5.74) is 2.31. The van der Waals surface area contributed by atoms with Crippen molar-refractivity contribution in [2.75, 3.05) is 13.1 Å². The van der Waals surface area contributed by atoms with Gasteiger partial charge in [-0.2, -0.15) is 0 Å². The van der Waals surface area contributed by atoms with Crippen LogP contribution in [0.25, 0.3) is 11.3 Å². The van der Waals surface area contributed by atoms with E-state index < -0.39 is 0 Å². The molecule has 3 aromatic rings. The third kappa shape index (κ3) is 3.05. The van der Waals surface area contributed by atoms with Crippen LogP contribution in [0.4, 0.5) is 4.39 Å². The van der Waals surface area contributed by atoms with Crippen LogP contribution < -0.4 is 0 Å². The van der Waals surface area contributed by atoms with E-state index in [0.29, 0.717) is 35.9 Å². The Morgan fingerprint density at radius 1 is 1.12 bits per heavy atom. The van der Waals surface area contributed by atoms with Gasteiger partial charge in [0, 0.05) is 24.6 Å². The van der Waals surface area contributed by atoms with E-state index in [4.69, 9.17) is 4.52 Å². The molecule has 0 spiro atoms. The van der Waals surface area contributed by atoms with Crippen molar-refractivity contribution < 1.29 is 13.7 Å². The molecule has 0 saturated carbocycles. The summed E-state index contributed by atoms with van der Waals surface area (Å²) in [5, 5.41) is 3.77.